The van der Waals surface area contributed by atoms with E-state index in [1.54, 1.807) is 0 Å². The highest BCUT2D eigenvalue weighted by molar-refractivity contribution is 14.0. The lowest BCUT2D eigenvalue weighted by atomic mass is 10.1. The summed E-state index contributed by atoms with van der Waals surface area (Å²) in [5.41, 5.74) is 8.14. The van der Waals surface area contributed by atoms with Crippen LogP contribution in [0.25, 0.3) is 0 Å². The molecular formula is C14H22IN3S. The van der Waals surface area contributed by atoms with Crippen LogP contribution in [0.4, 0.5) is 5.69 Å². The first kappa shape index (κ1) is 16.6. The van der Waals surface area contributed by atoms with Gasteiger partial charge in [0.2, 0.25) is 0 Å². The molecule has 2 rings (SSSR count). The summed E-state index contributed by atoms with van der Waals surface area (Å²) >= 11 is 2.00. The lowest BCUT2D eigenvalue weighted by Crippen LogP contribution is -2.27. The van der Waals surface area contributed by atoms with E-state index < -0.39 is 0 Å². The monoisotopic (exact) mass is 391 g/mol. The van der Waals surface area contributed by atoms with E-state index in [9.17, 15) is 0 Å². The van der Waals surface area contributed by atoms with Crippen molar-refractivity contribution in [3.63, 3.8) is 0 Å². The normalized spacial score (nSPS) is 22.9. The Balaban J connectivity index is 0.00000180. The second-order valence-electron chi connectivity index (χ2n) is 5.09. The van der Waals surface area contributed by atoms with E-state index in [0.29, 0.717) is 5.96 Å². The SMILES string of the molecule is Cc1ccc(NC(N)=NCC2(C)CCCS2)cc1.I. The number of nitrogens with two attached hydrogens (primary N) is 1. The Kier molecular flexibility index (Phi) is 6.46. The third kappa shape index (κ3) is 5.22. The zero-order valence-electron chi connectivity index (χ0n) is 11.5. The third-order valence-electron chi connectivity index (χ3n) is 3.21. The average Bonchev–Trinajstić information content (AvgIpc) is 2.78. The fourth-order valence-corrected chi connectivity index (χ4v) is 3.26. The summed E-state index contributed by atoms with van der Waals surface area (Å²) in [5.74, 6) is 1.75. The van der Waals surface area contributed by atoms with Crippen LogP contribution in [0.1, 0.15) is 25.3 Å². The molecule has 0 saturated carbocycles. The van der Waals surface area contributed by atoms with Gasteiger partial charge in [-0.2, -0.15) is 11.8 Å². The molecule has 0 bridgehead atoms. The molecule has 1 aliphatic heterocycles. The predicted octanol–water partition coefficient (Wildman–Crippen LogP) is 3.63. The van der Waals surface area contributed by atoms with E-state index >= 15 is 0 Å². The highest BCUT2D eigenvalue weighted by Gasteiger charge is 2.28. The van der Waals surface area contributed by atoms with Crippen molar-refractivity contribution >= 4 is 47.4 Å². The van der Waals surface area contributed by atoms with Crippen molar-refractivity contribution in [2.24, 2.45) is 10.7 Å². The molecule has 3 nitrogen and oxygen atoms in total. The first-order valence-electron chi connectivity index (χ1n) is 6.35. The molecule has 0 aromatic heterocycles. The van der Waals surface area contributed by atoms with E-state index in [1.807, 2.05) is 23.9 Å². The first-order chi connectivity index (χ1) is 8.57. The van der Waals surface area contributed by atoms with Crippen LogP contribution in [0.5, 0.6) is 0 Å². The lowest BCUT2D eigenvalue weighted by Gasteiger charge is -2.19. The average molecular weight is 391 g/mol. The molecule has 1 aromatic rings. The van der Waals surface area contributed by atoms with Crippen molar-refractivity contribution in [2.45, 2.75) is 31.4 Å². The molecule has 1 unspecified atom stereocenters. The summed E-state index contributed by atoms with van der Waals surface area (Å²) in [4.78, 5) is 4.46. The Hall–Kier alpha value is -0.430. The molecular weight excluding hydrogens is 369 g/mol. The molecule has 1 aromatic carbocycles. The molecule has 0 aliphatic carbocycles. The molecule has 1 aliphatic rings. The van der Waals surface area contributed by atoms with E-state index in [4.69, 9.17) is 5.73 Å². The molecule has 19 heavy (non-hydrogen) atoms. The molecule has 1 saturated heterocycles. The highest BCUT2D eigenvalue weighted by Crippen LogP contribution is 2.37. The molecule has 1 fully saturated rings. The number of nitrogens with one attached hydrogen (secondary N) is 1. The quantitative estimate of drug-likeness (QED) is 0.470. The first-order valence-corrected chi connectivity index (χ1v) is 7.34. The van der Waals surface area contributed by atoms with Crippen LogP contribution in [0.15, 0.2) is 29.3 Å². The Morgan fingerprint density at radius 1 is 1.42 bits per heavy atom. The van der Waals surface area contributed by atoms with Gasteiger partial charge in [-0.05, 0) is 44.6 Å². The Labute approximate surface area is 136 Å². The van der Waals surface area contributed by atoms with Crippen molar-refractivity contribution in [3.8, 4) is 0 Å². The number of anilines is 1. The summed E-state index contributed by atoms with van der Waals surface area (Å²) < 4.78 is 0.277. The number of thioether (sulfide) groups is 1. The summed E-state index contributed by atoms with van der Waals surface area (Å²) in [5, 5.41) is 3.13. The molecule has 0 spiro atoms. The fraction of sp³-hybridized carbons (Fsp3) is 0.500. The number of hydrogen-bond acceptors (Lipinski definition) is 2. The number of rotatable bonds is 3. The highest BCUT2D eigenvalue weighted by atomic mass is 127. The van der Waals surface area contributed by atoms with Gasteiger partial charge in [0.25, 0.3) is 0 Å². The van der Waals surface area contributed by atoms with Crippen LogP contribution < -0.4 is 11.1 Å². The van der Waals surface area contributed by atoms with Gasteiger partial charge in [-0.3, -0.25) is 4.99 Å². The van der Waals surface area contributed by atoms with Gasteiger partial charge in [0, 0.05) is 10.4 Å². The van der Waals surface area contributed by atoms with Crippen molar-refractivity contribution in [1.82, 2.24) is 0 Å². The van der Waals surface area contributed by atoms with Gasteiger partial charge >= 0.3 is 0 Å². The van der Waals surface area contributed by atoms with E-state index in [2.05, 4.69) is 36.3 Å². The van der Waals surface area contributed by atoms with Gasteiger partial charge in [0.05, 0.1) is 6.54 Å². The zero-order chi connectivity index (χ0) is 13.0. The van der Waals surface area contributed by atoms with Crippen molar-refractivity contribution in [3.05, 3.63) is 29.8 Å². The van der Waals surface area contributed by atoms with Crippen LogP contribution in [0.3, 0.4) is 0 Å². The number of aliphatic imine (C=N–C) groups is 1. The van der Waals surface area contributed by atoms with Crippen LogP contribution in [-0.4, -0.2) is 23.0 Å². The molecule has 0 amide bonds. The standard InChI is InChI=1S/C14H21N3S.HI/c1-11-4-6-12(7-5-11)17-13(15)16-10-14(2)8-3-9-18-14;/h4-7H,3,8-10H2,1-2H3,(H3,15,16,17);1H. The second kappa shape index (κ2) is 7.38. The Bertz CT molecular complexity index is 425. The zero-order valence-corrected chi connectivity index (χ0v) is 14.6. The van der Waals surface area contributed by atoms with Gasteiger partial charge < -0.3 is 11.1 Å². The van der Waals surface area contributed by atoms with Crippen LogP contribution in [0.2, 0.25) is 0 Å². The second-order valence-corrected chi connectivity index (χ2v) is 6.78. The summed E-state index contributed by atoms with van der Waals surface area (Å²) in [6.45, 7) is 5.13. The van der Waals surface area contributed by atoms with Gasteiger partial charge in [-0.25, -0.2) is 0 Å². The summed E-state index contributed by atoms with van der Waals surface area (Å²) in [6, 6.07) is 8.15. The number of guanidine groups is 1. The summed E-state index contributed by atoms with van der Waals surface area (Å²) in [6.07, 6.45) is 2.53. The van der Waals surface area contributed by atoms with Crippen molar-refractivity contribution in [1.29, 1.82) is 0 Å². The minimum absolute atomic E-state index is 0. The number of nitrogens with zero attached hydrogens (tertiary/aromatic N) is 1. The van der Waals surface area contributed by atoms with Gasteiger partial charge in [0.1, 0.15) is 0 Å². The number of hydrogen-bond donors (Lipinski definition) is 2. The Morgan fingerprint density at radius 3 is 2.68 bits per heavy atom. The molecule has 0 radical (unpaired) electrons. The molecule has 1 atom stereocenters. The number of aryl methyl sites for hydroxylation is 1. The van der Waals surface area contributed by atoms with E-state index in [0.717, 1.165) is 12.2 Å². The number of halogens is 1. The van der Waals surface area contributed by atoms with Gasteiger partial charge in [-0.1, -0.05) is 17.7 Å². The maximum Gasteiger partial charge on any atom is 0.193 e. The fourth-order valence-electron chi connectivity index (χ4n) is 2.04. The minimum atomic E-state index is 0. The van der Waals surface area contributed by atoms with Crippen LogP contribution >= 0.6 is 35.7 Å². The molecule has 3 N–H and O–H groups in total. The Morgan fingerprint density at radius 2 is 2.11 bits per heavy atom. The van der Waals surface area contributed by atoms with Crippen LogP contribution in [-0.2, 0) is 0 Å². The van der Waals surface area contributed by atoms with Crippen LogP contribution in [0, 0.1) is 6.92 Å². The largest absolute Gasteiger partial charge is 0.370 e. The molecule has 1 heterocycles. The maximum absolute atomic E-state index is 5.91. The van der Waals surface area contributed by atoms with Crippen molar-refractivity contribution < 1.29 is 0 Å². The van der Waals surface area contributed by atoms with E-state index in [-0.39, 0.29) is 28.7 Å². The number of benzene rings is 1. The third-order valence-corrected chi connectivity index (χ3v) is 4.73. The molecule has 106 valence electrons. The van der Waals surface area contributed by atoms with Gasteiger partial charge in [0.15, 0.2) is 5.96 Å². The topological polar surface area (TPSA) is 50.4 Å². The molecule has 5 heteroatoms. The minimum Gasteiger partial charge on any atom is -0.370 e. The lowest BCUT2D eigenvalue weighted by molar-refractivity contribution is 0.619. The predicted molar refractivity (Wildman–Crippen MR) is 96.8 cm³/mol. The van der Waals surface area contributed by atoms with Crippen molar-refractivity contribution in [2.75, 3.05) is 17.6 Å². The smallest absolute Gasteiger partial charge is 0.193 e. The van der Waals surface area contributed by atoms with Gasteiger partial charge in [-0.15, -0.1) is 24.0 Å². The maximum atomic E-state index is 5.91. The summed E-state index contributed by atoms with van der Waals surface area (Å²) in [7, 11) is 0. The van der Waals surface area contributed by atoms with E-state index in [1.165, 1.54) is 24.2 Å².